The Hall–Kier alpha value is -2.82. The van der Waals surface area contributed by atoms with E-state index in [1.165, 1.54) is 0 Å². The van der Waals surface area contributed by atoms with Crippen molar-refractivity contribution < 1.29 is 14.3 Å². The van der Waals surface area contributed by atoms with Gasteiger partial charge in [-0.2, -0.15) is 0 Å². The highest BCUT2D eigenvalue weighted by molar-refractivity contribution is 6.05. The molecule has 5 nitrogen and oxygen atoms in total. The van der Waals surface area contributed by atoms with Gasteiger partial charge >= 0.3 is 0 Å². The van der Waals surface area contributed by atoms with Gasteiger partial charge in [0.2, 0.25) is 11.8 Å². The van der Waals surface area contributed by atoms with E-state index in [0.29, 0.717) is 17.1 Å². The van der Waals surface area contributed by atoms with Gasteiger partial charge in [-0.25, -0.2) is 0 Å². The molecule has 1 atom stereocenters. The maximum absolute atomic E-state index is 12.5. The van der Waals surface area contributed by atoms with Gasteiger partial charge in [-0.1, -0.05) is 24.3 Å². The smallest absolute Gasteiger partial charge is 0.232 e. The molecule has 2 aromatic rings. The van der Waals surface area contributed by atoms with Crippen molar-refractivity contribution in [3.05, 3.63) is 54.1 Å². The molecule has 0 unspecified atom stereocenters. The molecule has 2 N–H and O–H groups in total. The highest BCUT2D eigenvalue weighted by Crippen LogP contribution is 2.33. The number of rotatable bonds is 3. The Morgan fingerprint density at radius 2 is 2.05 bits per heavy atom. The number of fused-ring (bicyclic) bond motifs is 1. The second-order valence-corrected chi connectivity index (χ2v) is 5.11. The number of hydrogen-bond acceptors (Lipinski definition) is 3. The van der Waals surface area contributed by atoms with Gasteiger partial charge in [-0.05, 0) is 23.8 Å². The molecule has 1 aliphatic rings. The third-order valence-electron chi connectivity index (χ3n) is 3.65. The molecule has 5 heteroatoms. The number of anilines is 2. The number of nitrogens with one attached hydrogen (secondary N) is 2. The normalized spacial score (nSPS) is 16.4. The van der Waals surface area contributed by atoms with Crippen LogP contribution in [0.2, 0.25) is 0 Å². The van der Waals surface area contributed by atoms with E-state index in [-0.39, 0.29) is 18.2 Å². The van der Waals surface area contributed by atoms with Crippen LogP contribution in [0.25, 0.3) is 0 Å². The lowest BCUT2D eigenvalue weighted by Crippen LogP contribution is -2.30. The van der Waals surface area contributed by atoms with Crippen LogP contribution in [0.15, 0.2) is 48.5 Å². The first-order valence-electron chi connectivity index (χ1n) is 7.01. The second-order valence-electron chi connectivity index (χ2n) is 5.11. The Morgan fingerprint density at radius 3 is 2.86 bits per heavy atom. The van der Waals surface area contributed by atoms with E-state index in [9.17, 15) is 9.59 Å². The lowest BCUT2D eigenvalue weighted by atomic mass is 9.90. The Balaban J connectivity index is 1.84. The van der Waals surface area contributed by atoms with Crippen LogP contribution < -0.4 is 15.4 Å². The minimum Gasteiger partial charge on any atom is -0.497 e. The summed E-state index contributed by atoms with van der Waals surface area (Å²) in [4.78, 5) is 24.3. The van der Waals surface area contributed by atoms with E-state index in [0.717, 1.165) is 5.56 Å². The second kappa shape index (κ2) is 5.89. The Bertz CT molecular complexity index is 727. The first-order valence-corrected chi connectivity index (χ1v) is 7.01. The largest absolute Gasteiger partial charge is 0.497 e. The first-order chi connectivity index (χ1) is 10.7. The average molecular weight is 296 g/mol. The summed E-state index contributed by atoms with van der Waals surface area (Å²) in [6.45, 7) is 0. The Kier molecular flexibility index (Phi) is 3.78. The van der Waals surface area contributed by atoms with Crippen molar-refractivity contribution in [1.29, 1.82) is 0 Å². The molecular weight excluding hydrogens is 280 g/mol. The molecule has 2 amide bonds. The van der Waals surface area contributed by atoms with Crippen molar-refractivity contribution in [2.75, 3.05) is 17.7 Å². The predicted octanol–water partition coefficient (Wildman–Crippen LogP) is 2.76. The topological polar surface area (TPSA) is 67.4 Å². The number of hydrogen-bond donors (Lipinski definition) is 2. The molecule has 0 spiro atoms. The van der Waals surface area contributed by atoms with Crippen LogP contribution in [-0.4, -0.2) is 18.9 Å². The molecule has 2 aromatic carbocycles. The minimum atomic E-state index is -0.490. The summed E-state index contributed by atoms with van der Waals surface area (Å²) in [5.74, 6) is -0.171. The Morgan fingerprint density at radius 1 is 1.23 bits per heavy atom. The molecule has 0 saturated heterocycles. The Labute approximate surface area is 128 Å². The first kappa shape index (κ1) is 14.1. The number of ether oxygens (including phenoxy) is 1. The van der Waals surface area contributed by atoms with Crippen molar-refractivity contribution in [2.24, 2.45) is 0 Å². The molecule has 0 aliphatic carbocycles. The summed E-state index contributed by atoms with van der Waals surface area (Å²) in [5, 5.41) is 5.64. The molecule has 3 rings (SSSR count). The van der Waals surface area contributed by atoms with Crippen molar-refractivity contribution in [1.82, 2.24) is 0 Å². The van der Waals surface area contributed by atoms with Gasteiger partial charge in [-0.15, -0.1) is 0 Å². The average Bonchev–Trinajstić information content (AvgIpc) is 2.54. The van der Waals surface area contributed by atoms with E-state index in [4.69, 9.17) is 4.74 Å². The van der Waals surface area contributed by atoms with Crippen LogP contribution in [0.5, 0.6) is 5.75 Å². The third kappa shape index (κ3) is 2.79. The zero-order valence-electron chi connectivity index (χ0n) is 12.1. The van der Waals surface area contributed by atoms with E-state index in [1.807, 2.05) is 18.2 Å². The van der Waals surface area contributed by atoms with Gasteiger partial charge in [0.05, 0.1) is 13.0 Å². The SMILES string of the molecule is COc1cccc(NC(=O)[C@H]2CC(=O)Nc3ccccc32)c1. The maximum atomic E-state index is 12.5. The lowest BCUT2D eigenvalue weighted by molar-refractivity contribution is -0.123. The lowest BCUT2D eigenvalue weighted by Gasteiger charge is -2.24. The number of amides is 2. The number of benzene rings is 2. The van der Waals surface area contributed by atoms with Crippen LogP contribution in [0.4, 0.5) is 11.4 Å². The van der Waals surface area contributed by atoms with Crippen molar-refractivity contribution in [3.8, 4) is 5.75 Å². The van der Waals surface area contributed by atoms with E-state index in [1.54, 1.807) is 37.4 Å². The number of methoxy groups -OCH3 is 1. The molecule has 1 aliphatic heterocycles. The monoisotopic (exact) mass is 296 g/mol. The van der Waals surface area contributed by atoms with Crippen LogP contribution in [0.3, 0.4) is 0 Å². The van der Waals surface area contributed by atoms with Crippen molar-refractivity contribution in [2.45, 2.75) is 12.3 Å². The maximum Gasteiger partial charge on any atom is 0.232 e. The molecule has 0 saturated carbocycles. The van der Waals surface area contributed by atoms with Crippen LogP contribution in [-0.2, 0) is 9.59 Å². The fourth-order valence-electron chi connectivity index (χ4n) is 2.58. The van der Waals surface area contributed by atoms with Crippen LogP contribution in [0, 0.1) is 0 Å². The highest BCUT2D eigenvalue weighted by atomic mass is 16.5. The van der Waals surface area contributed by atoms with E-state index in [2.05, 4.69) is 10.6 Å². The zero-order valence-corrected chi connectivity index (χ0v) is 12.1. The van der Waals surface area contributed by atoms with Crippen molar-refractivity contribution >= 4 is 23.2 Å². The van der Waals surface area contributed by atoms with Gasteiger partial charge in [0.1, 0.15) is 5.75 Å². The van der Waals surface area contributed by atoms with Gasteiger partial charge in [-0.3, -0.25) is 9.59 Å². The molecule has 1 heterocycles. The molecule has 112 valence electrons. The fraction of sp³-hybridized carbons (Fsp3) is 0.176. The van der Waals surface area contributed by atoms with Crippen molar-refractivity contribution in [3.63, 3.8) is 0 Å². The summed E-state index contributed by atoms with van der Waals surface area (Å²) >= 11 is 0. The van der Waals surface area contributed by atoms with Crippen LogP contribution >= 0.6 is 0 Å². The number of para-hydroxylation sites is 1. The molecule has 22 heavy (non-hydrogen) atoms. The number of carbonyl (C=O) groups is 2. The van der Waals surface area contributed by atoms with Gasteiger partial charge in [0, 0.05) is 23.9 Å². The summed E-state index contributed by atoms with van der Waals surface area (Å²) < 4.78 is 5.14. The molecule has 0 fully saturated rings. The van der Waals surface area contributed by atoms with Gasteiger partial charge in [0.15, 0.2) is 0 Å². The molecule has 0 bridgehead atoms. The quantitative estimate of drug-likeness (QED) is 0.915. The number of carbonyl (C=O) groups excluding carboxylic acids is 2. The molecular formula is C17H16N2O3. The third-order valence-corrected chi connectivity index (χ3v) is 3.65. The van der Waals surface area contributed by atoms with Gasteiger partial charge in [0.25, 0.3) is 0 Å². The summed E-state index contributed by atoms with van der Waals surface area (Å²) in [5.41, 5.74) is 2.18. The van der Waals surface area contributed by atoms with Gasteiger partial charge < -0.3 is 15.4 Å². The predicted molar refractivity (Wildman–Crippen MR) is 84.1 cm³/mol. The standard InChI is InChI=1S/C17H16N2O3/c1-22-12-6-4-5-11(9-12)18-17(21)14-10-16(20)19-15-8-3-2-7-13(14)15/h2-9,14H,10H2,1H3,(H,18,21)(H,19,20)/t14-/m0/s1. The minimum absolute atomic E-state index is 0.146. The van der Waals surface area contributed by atoms with Crippen LogP contribution in [0.1, 0.15) is 17.9 Å². The molecule has 0 radical (unpaired) electrons. The zero-order chi connectivity index (χ0) is 15.5. The van der Waals surface area contributed by atoms with E-state index >= 15 is 0 Å². The van der Waals surface area contributed by atoms with E-state index < -0.39 is 5.92 Å². The summed E-state index contributed by atoms with van der Waals surface area (Å²) in [6, 6.07) is 14.5. The highest BCUT2D eigenvalue weighted by Gasteiger charge is 2.30. The summed E-state index contributed by atoms with van der Waals surface area (Å²) in [6.07, 6.45) is 0.146. The molecule has 0 aromatic heterocycles. The summed E-state index contributed by atoms with van der Waals surface area (Å²) in [7, 11) is 1.57. The fourth-order valence-corrected chi connectivity index (χ4v) is 2.58.